The van der Waals surface area contributed by atoms with E-state index in [9.17, 15) is 9.59 Å². The summed E-state index contributed by atoms with van der Waals surface area (Å²) >= 11 is 1.42. The van der Waals surface area contributed by atoms with Crippen LogP contribution in [0.15, 0.2) is 45.6 Å². The van der Waals surface area contributed by atoms with Crippen LogP contribution in [-0.2, 0) is 14.3 Å². The molecule has 34 heavy (non-hydrogen) atoms. The van der Waals surface area contributed by atoms with Crippen LogP contribution in [0.2, 0.25) is 0 Å². The van der Waals surface area contributed by atoms with Gasteiger partial charge in [0.2, 0.25) is 5.91 Å². The van der Waals surface area contributed by atoms with Gasteiger partial charge in [0.15, 0.2) is 16.7 Å². The van der Waals surface area contributed by atoms with E-state index in [1.54, 1.807) is 27.2 Å². The van der Waals surface area contributed by atoms with Gasteiger partial charge in [0.05, 0.1) is 38.0 Å². The first-order valence-corrected chi connectivity index (χ1v) is 12.0. The first-order valence-electron chi connectivity index (χ1n) is 11.1. The second-order valence-corrected chi connectivity index (χ2v) is 10.2. The van der Waals surface area contributed by atoms with E-state index in [1.165, 1.54) is 11.8 Å². The Bertz CT molecular complexity index is 1070. The fourth-order valence-corrected chi connectivity index (χ4v) is 4.89. The molecule has 0 spiro atoms. The van der Waals surface area contributed by atoms with Crippen molar-refractivity contribution in [3.05, 3.63) is 46.1 Å². The van der Waals surface area contributed by atoms with Crippen molar-refractivity contribution in [3.8, 4) is 11.5 Å². The Morgan fingerprint density at radius 1 is 1.21 bits per heavy atom. The van der Waals surface area contributed by atoms with E-state index < -0.39 is 17.6 Å². The van der Waals surface area contributed by atoms with Crippen LogP contribution in [0.3, 0.4) is 0 Å². The summed E-state index contributed by atoms with van der Waals surface area (Å²) in [7, 11) is 3.13. The topological polar surface area (TPSA) is 89.5 Å². The number of aliphatic imine (C=N–C) groups is 1. The van der Waals surface area contributed by atoms with E-state index in [1.807, 2.05) is 57.1 Å². The maximum absolute atomic E-state index is 13.5. The molecule has 0 saturated carbocycles. The number of amides is 1. The van der Waals surface area contributed by atoms with Gasteiger partial charge in [-0.15, -0.1) is 0 Å². The van der Waals surface area contributed by atoms with E-state index >= 15 is 0 Å². The maximum Gasteiger partial charge on any atom is 0.338 e. The van der Waals surface area contributed by atoms with Crippen LogP contribution in [-0.4, -0.2) is 47.8 Å². The highest BCUT2D eigenvalue weighted by atomic mass is 32.2. The molecule has 1 N–H and O–H groups in total. The summed E-state index contributed by atoms with van der Waals surface area (Å²) < 4.78 is 17.0. The molecule has 1 atom stereocenters. The second kappa shape index (κ2) is 10.1. The molecule has 8 nitrogen and oxygen atoms in total. The highest BCUT2D eigenvalue weighted by Crippen LogP contribution is 2.48. The van der Waals surface area contributed by atoms with Gasteiger partial charge >= 0.3 is 5.97 Å². The Balaban J connectivity index is 2.16. The van der Waals surface area contributed by atoms with Gasteiger partial charge in [0, 0.05) is 17.3 Å². The predicted molar refractivity (Wildman–Crippen MR) is 134 cm³/mol. The minimum atomic E-state index is -0.688. The SMILES string of the molecule is COc1cccc(C2C(C(=O)OC(C)(C)C)=C(C)N=C3SC=C(CC(=O)NC(C)C)N32)c1OC. The number of carbonyl (C=O) groups excluding carboxylic acids is 2. The number of para-hydroxylation sites is 1. The van der Waals surface area contributed by atoms with Gasteiger partial charge in [-0.1, -0.05) is 23.9 Å². The zero-order chi connectivity index (χ0) is 25.2. The van der Waals surface area contributed by atoms with Crippen LogP contribution in [0.1, 0.15) is 59.6 Å². The molecule has 0 fully saturated rings. The second-order valence-electron chi connectivity index (χ2n) is 9.38. The van der Waals surface area contributed by atoms with Gasteiger partial charge in [-0.25, -0.2) is 9.79 Å². The van der Waals surface area contributed by atoms with Crippen LogP contribution in [0.25, 0.3) is 0 Å². The number of rotatable bonds is 7. The van der Waals surface area contributed by atoms with Crippen molar-refractivity contribution < 1.29 is 23.8 Å². The first kappa shape index (κ1) is 25.7. The third kappa shape index (κ3) is 5.41. The number of nitrogens with zero attached hydrogens (tertiary/aromatic N) is 2. The van der Waals surface area contributed by atoms with E-state index in [2.05, 4.69) is 5.32 Å². The van der Waals surface area contributed by atoms with Gasteiger partial charge in [-0.2, -0.15) is 0 Å². The predicted octanol–water partition coefficient (Wildman–Crippen LogP) is 4.54. The summed E-state index contributed by atoms with van der Waals surface area (Å²) in [6, 6.07) is 4.95. The number of ether oxygens (including phenoxy) is 3. The Morgan fingerprint density at radius 3 is 2.50 bits per heavy atom. The molecular weight excluding hydrogens is 454 g/mol. The smallest absolute Gasteiger partial charge is 0.338 e. The number of esters is 1. The lowest BCUT2D eigenvalue weighted by atomic mass is 9.92. The number of thioether (sulfide) groups is 1. The molecule has 0 aromatic heterocycles. The highest BCUT2D eigenvalue weighted by Gasteiger charge is 2.43. The Hall–Kier alpha value is -2.94. The van der Waals surface area contributed by atoms with Crippen LogP contribution in [0.5, 0.6) is 11.5 Å². The quantitative estimate of drug-likeness (QED) is 0.565. The molecule has 1 aromatic rings. The third-order valence-corrected chi connectivity index (χ3v) is 6.03. The van der Waals surface area contributed by atoms with Crippen molar-refractivity contribution in [1.29, 1.82) is 0 Å². The molecule has 184 valence electrons. The number of allylic oxidation sites excluding steroid dienone is 1. The summed E-state index contributed by atoms with van der Waals surface area (Å²) in [4.78, 5) is 32.7. The number of hydrogen-bond donors (Lipinski definition) is 1. The van der Waals surface area contributed by atoms with Gasteiger partial charge < -0.3 is 24.4 Å². The van der Waals surface area contributed by atoms with Gasteiger partial charge in [-0.05, 0) is 53.0 Å². The zero-order valence-electron chi connectivity index (χ0n) is 21.0. The van der Waals surface area contributed by atoms with Crippen LogP contribution in [0, 0.1) is 0 Å². The summed E-state index contributed by atoms with van der Waals surface area (Å²) in [5.41, 5.74) is 1.72. The highest BCUT2D eigenvalue weighted by molar-refractivity contribution is 8.16. The average Bonchev–Trinajstić information content (AvgIpc) is 3.11. The van der Waals surface area contributed by atoms with Crippen molar-refractivity contribution in [2.24, 2.45) is 4.99 Å². The molecular formula is C25H33N3O5S. The number of carbonyl (C=O) groups is 2. The number of nitrogens with one attached hydrogen (secondary N) is 1. The first-order chi connectivity index (χ1) is 16.0. The fraction of sp³-hybridized carbons (Fsp3) is 0.480. The minimum absolute atomic E-state index is 0.0189. The number of fused-ring (bicyclic) bond motifs is 1. The fourth-order valence-electron chi connectivity index (χ4n) is 3.92. The standard InChI is InChI=1S/C25H33N3O5S/c1-14(2)26-19(29)12-16-13-34-24-27-15(3)20(23(30)33-25(4,5)6)21(28(16)24)17-10-9-11-18(31-7)22(17)32-8/h9-11,13-14,21H,12H2,1-8H3,(H,26,29). The monoisotopic (exact) mass is 487 g/mol. The van der Waals surface area contributed by atoms with E-state index in [0.717, 1.165) is 5.70 Å². The normalized spacial score (nSPS) is 17.8. The lowest BCUT2D eigenvalue weighted by Gasteiger charge is -2.37. The molecule has 0 radical (unpaired) electrons. The van der Waals surface area contributed by atoms with E-state index in [-0.39, 0.29) is 18.4 Å². The van der Waals surface area contributed by atoms with Crippen molar-refractivity contribution in [2.75, 3.05) is 14.2 Å². The molecule has 1 unspecified atom stereocenters. The molecule has 2 aliphatic rings. The number of methoxy groups -OCH3 is 2. The summed E-state index contributed by atoms with van der Waals surface area (Å²) in [5.74, 6) is 0.475. The van der Waals surface area contributed by atoms with E-state index in [0.29, 0.717) is 33.5 Å². The molecule has 0 saturated heterocycles. The molecule has 1 amide bonds. The van der Waals surface area contributed by atoms with Gasteiger partial charge in [-0.3, -0.25) is 4.79 Å². The summed E-state index contributed by atoms with van der Waals surface area (Å²) in [5, 5.41) is 5.52. The largest absolute Gasteiger partial charge is 0.493 e. The lowest BCUT2D eigenvalue weighted by Crippen LogP contribution is -2.40. The number of amidine groups is 1. The summed E-state index contributed by atoms with van der Waals surface area (Å²) in [6.07, 6.45) is 0.146. The molecule has 2 aliphatic heterocycles. The lowest BCUT2D eigenvalue weighted by molar-refractivity contribution is -0.150. The van der Waals surface area contributed by atoms with Crippen LogP contribution in [0.4, 0.5) is 0 Å². The maximum atomic E-state index is 13.5. The van der Waals surface area contributed by atoms with Crippen molar-refractivity contribution in [2.45, 2.75) is 65.6 Å². The Labute approximate surface area is 205 Å². The summed E-state index contributed by atoms with van der Waals surface area (Å²) in [6.45, 7) is 11.1. The molecule has 0 aliphatic carbocycles. The molecule has 0 bridgehead atoms. The molecule has 1 aromatic carbocycles. The zero-order valence-corrected chi connectivity index (χ0v) is 21.8. The Kier molecular flexibility index (Phi) is 7.65. The van der Waals surface area contributed by atoms with Gasteiger partial charge in [0.25, 0.3) is 0 Å². The van der Waals surface area contributed by atoms with Crippen LogP contribution >= 0.6 is 11.8 Å². The number of benzene rings is 1. The molecule has 9 heteroatoms. The van der Waals surface area contributed by atoms with Crippen molar-refractivity contribution in [3.63, 3.8) is 0 Å². The number of hydrogen-bond acceptors (Lipinski definition) is 8. The van der Waals surface area contributed by atoms with Crippen molar-refractivity contribution >= 4 is 28.8 Å². The molecule has 3 rings (SSSR count). The third-order valence-electron chi connectivity index (χ3n) is 5.14. The Morgan fingerprint density at radius 2 is 1.91 bits per heavy atom. The average molecular weight is 488 g/mol. The van der Waals surface area contributed by atoms with Crippen LogP contribution < -0.4 is 14.8 Å². The van der Waals surface area contributed by atoms with Gasteiger partial charge in [0.1, 0.15) is 5.60 Å². The van der Waals surface area contributed by atoms with Crippen molar-refractivity contribution in [1.82, 2.24) is 10.2 Å². The molecule has 2 heterocycles. The van der Waals surface area contributed by atoms with E-state index in [4.69, 9.17) is 19.2 Å². The minimum Gasteiger partial charge on any atom is -0.493 e.